The second kappa shape index (κ2) is 6.04. The fourth-order valence-electron chi connectivity index (χ4n) is 2.94. The lowest BCUT2D eigenvalue weighted by atomic mass is 10.2. The van der Waals surface area contributed by atoms with Gasteiger partial charge in [0, 0.05) is 32.4 Å². The normalized spacial score (nSPS) is 13.3. The van der Waals surface area contributed by atoms with Crippen molar-refractivity contribution in [3.05, 3.63) is 65.3 Å². The summed E-state index contributed by atoms with van der Waals surface area (Å²) in [6.07, 6.45) is 1.94. The van der Waals surface area contributed by atoms with Gasteiger partial charge in [0.25, 0.3) is 0 Å². The van der Waals surface area contributed by atoms with Crippen LogP contribution in [0.4, 0.5) is 22.7 Å². The lowest BCUT2D eigenvalue weighted by molar-refractivity contribution is 1.26. The van der Waals surface area contributed by atoms with Crippen molar-refractivity contribution in [3.63, 3.8) is 0 Å². The molecule has 0 bridgehead atoms. The van der Waals surface area contributed by atoms with Crippen LogP contribution in [0.15, 0.2) is 45.8 Å². The molecule has 0 saturated carbocycles. The van der Waals surface area contributed by atoms with Crippen molar-refractivity contribution in [3.8, 4) is 0 Å². The zero-order chi connectivity index (χ0) is 15.9. The summed E-state index contributed by atoms with van der Waals surface area (Å²) >= 11 is 7.32. The summed E-state index contributed by atoms with van der Waals surface area (Å²) in [4.78, 5) is 5.57. The van der Waals surface area contributed by atoms with Crippen molar-refractivity contribution < 1.29 is 0 Å². The van der Waals surface area contributed by atoms with E-state index >= 15 is 0 Å². The first kappa shape index (κ1) is 14.7. The molecule has 0 atom stereocenters. The predicted molar refractivity (Wildman–Crippen MR) is 109 cm³/mol. The quantitative estimate of drug-likeness (QED) is 0.302. The first-order valence-electron chi connectivity index (χ1n) is 7.66. The van der Waals surface area contributed by atoms with Crippen molar-refractivity contribution in [1.29, 1.82) is 0 Å². The topological polar surface area (TPSA) is 24.1 Å². The second-order valence-electron chi connectivity index (χ2n) is 5.63. The number of thiophene rings is 4. The standard InChI is InChI=1S/C18H14N2S4/c1-5-21-15-9-16-13(3-7-22-16)20-14-4-8-24-18(14)10-17-12(2-6-23-17)19-11(1)15/h1-8,19-20H,9-10H2. The number of nitrogens with one attached hydrogen (secondary N) is 2. The summed E-state index contributed by atoms with van der Waals surface area (Å²) in [5.41, 5.74) is 4.97. The third-order valence-electron chi connectivity index (χ3n) is 4.16. The SMILES string of the molecule is c1cc2c(s1)Cc1sccc1Nc1ccsc1Cc1sccc1N2. The highest BCUT2D eigenvalue weighted by atomic mass is 32.1. The molecular formula is C18H14N2S4. The van der Waals surface area contributed by atoms with Crippen LogP contribution >= 0.6 is 45.3 Å². The molecule has 4 aromatic rings. The van der Waals surface area contributed by atoms with E-state index in [4.69, 9.17) is 0 Å². The lowest BCUT2D eigenvalue weighted by Gasteiger charge is -2.13. The minimum absolute atomic E-state index is 0.971. The van der Waals surface area contributed by atoms with Gasteiger partial charge in [-0.3, -0.25) is 0 Å². The average Bonchev–Trinajstić information content (AvgIpc) is 3.34. The molecule has 1 aliphatic rings. The molecule has 0 saturated heterocycles. The van der Waals surface area contributed by atoms with Crippen molar-refractivity contribution >= 4 is 68.1 Å². The van der Waals surface area contributed by atoms with E-state index in [1.54, 1.807) is 0 Å². The highest BCUT2D eigenvalue weighted by Gasteiger charge is 2.16. The van der Waals surface area contributed by atoms with Crippen LogP contribution in [-0.2, 0) is 12.8 Å². The average molecular weight is 387 g/mol. The predicted octanol–water partition coefficient (Wildman–Crippen LogP) is 6.91. The molecule has 0 aliphatic carbocycles. The molecule has 0 radical (unpaired) electrons. The van der Waals surface area contributed by atoms with Gasteiger partial charge < -0.3 is 10.6 Å². The smallest absolute Gasteiger partial charge is 0.0529 e. The Morgan fingerprint density at radius 3 is 1.08 bits per heavy atom. The monoisotopic (exact) mass is 386 g/mol. The van der Waals surface area contributed by atoms with Crippen LogP contribution in [0, 0.1) is 0 Å². The van der Waals surface area contributed by atoms with Gasteiger partial charge in [0.2, 0.25) is 0 Å². The summed E-state index contributed by atoms with van der Waals surface area (Å²) in [7, 11) is 0. The van der Waals surface area contributed by atoms with Gasteiger partial charge in [-0.25, -0.2) is 0 Å². The molecule has 0 aromatic carbocycles. The van der Waals surface area contributed by atoms with E-state index in [2.05, 4.69) is 56.4 Å². The van der Waals surface area contributed by atoms with Crippen LogP contribution < -0.4 is 10.6 Å². The molecule has 5 heterocycles. The van der Waals surface area contributed by atoms with Crippen molar-refractivity contribution in [2.75, 3.05) is 10.6 Å². The zero-order valence-corrected chi connectivity index (χ0v) is 15.9. The molecule has 4 aromatic heterocycles. The van der Waals surface area contributed by atoms with Crippen LogP contribution in [0.1, 0.15) is 19.5 Å². The van der Waals surface area contributed by atoms with Gasteiger partial charge in [0.05, 0.1) is 22.7 Å². The number of hydrogen-bond acceptors (Lipinski definition) is 6. The summed E-state index contributed by atoms with van der Waals surface area (Å²) in [6.45, 7) is 0. The maximum Gasteiger partial charge on any atom is 0.0529 e. The summed E-state index contributed by atoms with van der Waals surface area (Å²) < 4.78 is 0. The highest BCUT2D eigenvalue weighted by Crippen LogP contribution is 2.39. The van der Waals surface area contributed by atoms with Crippen LogP contribution in [0.2, 0.25) is 0 Å². The minimum atomic E-state index is 0.971. The Labute approximate surface area is 156 Å². The zero-order valence-electron chi connectivity index (χ0n) is 12.7. The minimum Gasteiger partial charge on any atom is -0.354 e. The molecule has 2 N–H and O–H groups in total. The largest absolute Gasteiger partial charge is 0.354 e. The fraction of sp³-hybridized carbons (Fsp3) is 0.111. The molecule has 120 valence electrons. The molecule has 0 unspecified atom stereocenters. The number of anilines is 4. The number of rotatable bonds is 0. The van der Waals surface area contributed by atoms with Gasteiger partial charge in [0.1, 0.15) is 0 Å². The van der Waals surface area contributed by atoms with E-state index in [0.29, 0.717) is 0 Å². The van der Waals surface area contributed by atoms with E-state index in [0.717, 1.165) is 12.8 Å². The van der Waals surface area contributed by atoms with Gasteiger partial charge in [-0.05, 0) is 45.8 Å². The van der Waals surface area contributed by atoms with Crippen molar-refractivity contribution in [1.82, 2.24) is 0 Å². The van der Waals surface area contributed by atoms with E-state index in [1.807, 2.05) is 45.3 Å². The molecule has 6 heteroatoms. The van der Waals surface area contributed by atoms with Gasteiger partial charge >= 0.3 is 0 Å². The van der Waals surface area contributed by atoms with E-state index in [1.165, 1.54) is 42.3 Å². The van der Waals surface area contributed by atoms with Crippen LogP contribution in [0.3, 0.4) is 0 Å². The van der Waals surface area contributed by atoms with E-state index in [9.17, 15) is 0 Å². The van der Waals surface area contributed by atoms with Crippen molar-refractivity contribution in [2.24, 2.45) is 0 Å². The molecule has 0 amide bonds. The Morgan fingerprint density at radius 1 is 0.500 bits per heavy atom. The maximum atomic E-state index is 3.67. The third-order valence-corrected chi connectivity index (χ3v) is 7.85. The molecule has 1 aliphatic heterocycles. The number of hydrogen-bond donors (Lipinski definition) is 2. The Hall–Kier alpha value is -1.60. The Bertz CT molecular complexity index is 761. The Kier molecular flexibility index (Phi) is 3.70. The molecule has 5 rings (SSSR count). The molecule has 0 fully saturated rings. The summed E-state index contributed by atoms with van der Waals surface area (Å²) in [6, 6.07) is 8.80. The van der Waals surface area contributed by atoms with Gasteiger partial charge in [-0.1, -0.05) is 0 Å². The third kappa shape index (κ3) is 2.59. The van der Waals surface area contributed by atoms with Crippen LogP contribution in [-0.4, -0.2) is 0 Å². The van der Waals surface area contributed by atoms with Gasteiger partial charge in [0.15, 0.2) is 0 Å². The van der Waals surface area contributed by atoms with Gasteiger partial charge in [-0.15, -0.1) is 45.3 Å². The molecule has 0 spiro atoms. The van der Waals surface area contributed by atoms with E-state index < -0.39 is 0 Å². The summed E-state index contributed by atoms with van der Waals surface area (Å²) in [5.74, 6) is 0. The van der Waals surface area contributed by atoms with E-state index in [-0.39, 0.29) is 0 Å². The second-order valence-corrected chi connectivity index (χ2v) is 9.64. The highest BCUT2D eigenvalue weighted by molar-refractivity contribution is 7.12. The first-order chi connectivity index (χ1) is 11.9. The van der Waals surface area contributed by atoms with Gasteiger partial charge in [-0.2, -0.15) is 0 Å². The fourth-order valence-corrected chi connectivity index (χ4v) is 6.49. The van der Waals surface area contributed by atoms with Crippen LogP contribution in [0.5, 0.6) is 0 Å². The molecule has 2 nitrogen and oxygen atoms in total. The Morgan fingerprint density at radius 2 is 0.792 bits per heavy atom. The summed E-state index contributed by atoms with van der Waals surface area (Å²) in [5, 5.41) is 16.1. The maximum absolute atomic E-state index is 3.67. The number of fused-ring (bicyclic) bond motifs is 4. The molecular weight excluding hydrogens is 372 g/mol. The Balaban J connectivity index is 1.65. The van der Waals surface area contributed by atoms with Crippen molar-refractivity contribution in [2.45, 2.75) is 12.8 Å². The lowest BCUT2D eigenvalue weighted by Crippen LogP contribution is -1.99. The van der Waals surface area contributed by atoms with Crippen LogP contribution in [0.25, 0.3) is 0 Å². The first-order valence-corrected chi connectivity index (χ1v) is 11.2. The molecule has 24 heavy (non-hydrogen) atoms.